The zero-order valence-corrected chi connectivity index (χ0v) is 10.1. The number of amides is 2. The van der Waals surface area contributed by atoms with Gasteiger partial charge in [0.05, 0.1) is 0 Å². The molecule has 96 valence electrons. The van der Waals surface area contributed by atoms with Gasteiger partial charge >= 0.3 is 13.1 Å². The van der Waals surface area contributed by atoms with Crippen LogP contribution in [0.5, 0.6) is 0 Å². The first-order chi connectivity index (χ1) is 9.15. The Morgan fingerprint density at radius 1 is 0.842 bits per heavy atom. The van der Waals surface area contributed by atoms with Crippen molar-refractivity contribution in [3.8, 4) is 0 Å². The van der Waals surface area contributed by atoms with Crippen molar-refractivity contribution in [3.05, 3.63) is 54.6 Å². The van der Waals surface area contributed by atoms with E-state index >= 15 is 0 Å². The van der Waals surface area contributed by atoms with Gasteiger partial charge in [-0.15, -0.1) is 0 Å². The van der Waals surface area contributed by atoms with E-state index in [1.807, 2.05) is 18.2 Å². The Balaban J connectivity index is 1.95. The summed E-state index contributed by atoms with van der Waals surface area (Å²) in [6.45, 7) is 0. The average Bonchev–Trinajstić information content (AvgIpc) is 2.40. The summed E-state index contributed by atoms with van der Waals surface area (Å²) in [5.41, 5.74) is 1.63. The van der Waals surface area contributed by atoms with Gasteiger partial charge in [-0.25, -0.2) is 4.79 Å². The van der Waals surface area contributed by atoms with E-state index in [1.54, 1.807) is 24.3 Å². The molecule has 0 unspecified atom stereocenters. The van der Waals surface area contributed by atoms with Crippen molar-refractivity contribution in [2.75, 3.05) is 10.6 Å². The highest BCUT2D eigenvalue weighted by atomic mass is 16.4. The maximum atomic E-state index is 11.7. The quantitative estimate of drug-likeness (QED) is 0.618. The molecular formula is C13H13BN2O3. The fraction of sp³-hybridized carbons (Fsp3) is 0. The second kappa shape index (κ2) is 6.04. The Morgan fingerprint density at radius 3 is 1.89 bits per heavy atom. The Morgan fingerprint density at radius 2 is 1.37 bits per heavy atom. The minimum absolute atomic E-state index is 0.358. The van der Waals surface area contributed by atoms with Crippen molar-refractivity contribution < 1.29 is 14.8 Å². The van der Waals surface area contributed by atoms with Crippen LogP contribution in [0.15, 0.2) is 54.6 Å². The number of nitrogens with one attached hydrogen (secondary N) is 2. The summed E-state index contributed by atoms with van der Waals surface area (Å²) in [5.74, 6) is 0. The molecule has 2 aromatic rings. The van der Waals surface area contributed by atoms with Gasteiger partial charge in [0, 0.05) is 11.4 Å². The second-order valence-electron chi connectivity index (χ2n) is 3.94. The fourth-order valence-electron chi connectivity index (χ4n) is 1.55. The summed E-state index contributed by atoms with van der Waals surface area (Å²) in [6, 6.07) is 15.0. The van der Waals surface area contributed by atoms with Crippen LogP contribution in [0.25, 0.3) is 0 Å². The van der Waals surface area contributed by atoms with Crippen LogP contribution in [0.4, 0.5) is 16.2 Å². The van der Waals surface area contributed by atoms with Gasteiger partial charge < -0.3 is 20.7 Å². The molecule has 2 aromatic carbocycles. The van der Waals surface area contributed by atoms with E-state index in [1.165, 1.54) is 12.1 Å². The van der Waals surface area contributed by atoms with Crippen LogP contribution >= 0.6 is 0 Å². The predicted molar refractivity (Wildman–Crippen MR) is 75.4 cm³/mol. The van der Waals surface area contributed by atoms with E-state index in [4.69, 9.17) is 10.0 Å². The molecule has 0 atom stereocenters. The molecule has 2 rings (SSSR count). The van der Waals surface area contributed by atoms with Crippen molar-refractivity contribution in [1.82, 2.24) is 0 Å². The largest absolute Gasteiger partial charge is 0.488 e. The molecule has 4 N–H and O–H groups in total. The van der Waals surface area contributed by atoms with Gasteiger partial charge in [0.1, 0.15) is 0 Å². The van der Waals surface area contributed by atoms with Crippen LogP contribution in [-0.2, 0) is 0 Å². The van der Waals surface area contributed by atoms with Crippen molar-refractivity contribution in [3.63, 3.8) is 0 Å². The van der Waals surface area contributed by atoms with E-state index in [-0.39, 0.29) is 6.03 Å². The van der Waals surface area contributed by atoms with E-state index in [2.05, 4.69) is 10.6 Å². The van der Waals surface area contributed by atoms with Gasteiger partial charge in [-0.05, 0) is 29.7 Å². The third-order valence-electron chi connectivity index (χ3n) is 2.50. The van der Waals surface area contributed by atoms with Crippen LogP contribution in [0.1, 0.15) is 0 Å². The molecule has 0 radical (unpaired) electrons. The van der Waals surface area contributed by atoms with Gasteiger partial charge in [-0.3, -0.25) is 0 Å². The lowest BCUT2D eigenvalue weighted by atomic mass is 9.80. The summed E-state index contributed by atoms with van der Waals surface area (Å²) in [4.78, 5) is 11.7. The third kappa shape index (κ3) is 3.84. The lowest BCUT2D eigenvalue weighted by molar-refractivity contribution is 0.262. The normalized spacial score (nSPS) is 9.79. The summed E-state index contributed by atoms with van der Waals surface area (Å²) in [5, 5.41) is 23.2. The van der Waals surface area contributed by atoms with Crippen LogP contribution in [0.2, 0.25) is 0 Å². The number of hydrogen-bond acceptors (Lipinski definition) is 3. The molecule has 0 fully saturated rings. The molecule has 19 heavy (non-hydrogen) atoms. The molecule has 0 saturated heterocycles. The zero-order valence-electron chi connectivity index (χ0n) is 10.1. The van der Waals surface area contributed by atoms with Gasteiger partial charge in [-0.2, -0.15) is 0 Å². The van der Waals surface area contributed by atoms with Crippen molar-refractivity contribution in [2.24, 2.45) is 0 Å². The first-order valence-corrected chi connectivity index (χ1v) is 5.74. The SMILES string of the molecule is O=C(Nc1ccccc1)Nc1ccc(B(O)O)cc1. The average molecular weight is 256 g/mol. The number of carbonyl (C=O) groups is 1. The number of rotatable bonds is 3. The Hall–Kier alpha value is -2.31. The smallest absolute Gasteiger partial charge is 0.423 e. The number of benzene rings is 2. The summed E-state index contributed by atoms with van der Waals surface area (Å²) >= 11 is 0. The topological polar surface area (TPSA) is 81.6 Å². The van der Waals surface area contributed by atoms with Gasteiger partial charge in [0.2, 0.25) is 0 Å². The van der Waals surface area contributed by atoms with Crippen LogP contribution in [0, 0.1) is 0 Å². The number of hydrogen-bond donors (Lipinski definition) is 4. The molecule has 6 heteroatoms. The van der Waals surface area contributed by atoms with Crippen molar-refractivity contribution in [2.45, 2.75) is 0 Å². The lowest BCUT2D eigenvalue weighted by Crippen LogP contribution is -2.29. The van der Waals surface area contributed by atoms with E-state index in [0.717, 1.165) is 0 Å². The number of carbonyl (C=O) groups excluding carboxylic acids is 1. The van der Waals surface area contributed by atoms with E-state index in [0.29, 0.717) is 16.8 Å². The predicted octanol–water partition coefficient (Wildman–Crippen LogP) is 1.01. The number of urea groups is 1. The van der Waals surface area contributed by atoms with Crippen LogP contribution in [0.3, 0.4) is 0 Å². The Kier molecular flexibility index (Phi) is 4.17. The zero-order chi connectivity index (χ0) is 13.7. The lowest BCUT2D eigenvalue weighted by Gasteiger charge is -2.08. The molecule has 0 aromatic heterocycles. The first kappa shape index (κ1) is 13.1. The Labute approximate surface area is 111 Å². The molecule has 0 bridgehead atoms. The minimum atomic E-state index is -1.51. The fourth-order valence-corrected chi connectivity index (χ4v) is 1.55. The van der Waals surface area contributed by atoms with Crippen LogP contribution < -0.4 is 16.1 Å². The first-order valence-electron chi connectivity index (χ1n) is 5.74. The molecular weight excluding hydrogens is 243 g/mol. The molecule has 0 aliphatic carbocycles. The highest BCUT2D eigenvalue weighted by Gasteiger charge is 2.10. The van der Waals surface area contributed by atoms with Crippen LogP contribution in [-0.4, -0.2) is 23.2 Å². The van der Waals surface area contributed by atoms with Gasteiger partial charge in [0.15, 0.2) is 0 Å². The number of para-hydroxylation sites is 1. The molecule has 2 amide bonds. The van der Waals surface area contributed by atoms with E-state index in [9.17, 15) is 4.79 Å². The number of anilines is 2. The summed E-state index contributed by atoms with van der Waals surface area (Å²) < 4.78 is 0. The molecule has 0 heterocycles. The highest BCUT2D eigenvalue weighted by Crippen LogP contribution is 2.08. The molecule has 0 aliphatic rings. The van der Waals surface area contributed by atoms with Gasteiger partial charge in [-0.1, -0.05) is 30.3 Å². The minimum Gasteiger partial charge on any atom is -0.423 e. The maximum Gasteiger partial charge on any atom is 0.488 e. The summed E-state index contributed by atoms with van der Waals surface area (Å²) in [7, 11) is -1.51. The maximum absolute atomic E-state index is 11.7. The second-order valence-corrected chi connectivity index (χ2v) is 3.94. The monoisotopic (exact) mass is 256 g/mol. The molecule has 0 spiro atoms. The van der Waals surface area contributed by atoms with Crippen molar-refractivity contribution >= 4 is 30.0 Å². The standard InChI is InChI=1S/C13H13BN2O3/c17-13(15-11-4-2-1-3-5-11)16-12-8-6-10(7-9-12)14(18)19/h1-9,18-19H,(H2,15,16,17). The third-order valence-corrected chi connectivity index (χ3v) is 2.50. The van der Waals surface area contributed by atoms with E-state index < -0.39 is 7.12 Å². The Bertz CT molecular complexity index is 544. The highest BCUT2D eigenvalue weighted by molar-refractivity contribution is 6.58. The van der Waals surface area contributed by atoms with Gasteiger partial charge in [0.25, 0.3) is 0 Å². The molecule has 5 nitrogen and oxygen atoms in total. The summed E-state index contributed by atoms with van der Waals surface area (Å²) in [6.07, 6.45) is 0. The van der Waals surface area contributed by atoms with Crippen molar-refractivity contribution in [1.29, 1.82) is 0 Å². The molecule has 0 aliphatic heterocycles. The molecule has 0 saturated carbocycles.